The number of nitrogen functional groups attached to an aromatic ring is 1. The van der Waals surface area contributed by atoms with Gasteiger partial charge in [-0.15, -0.1) is 5.10 Å². The van der Waals surface area contributed by atoms with Crippen LogP contribution in [0.3, 0.4) is 0 Å². The number of nitrogens with two attached hydrogens (primary N) is 1. The Hall–Kier alpha value is -3.80. The second-order valence-corrected chi connectivity index (χ2v) is 10.2. The van der Waals surface area contributed by atoms with Gasteiger partial charge in [0.2, 0.25) is 5.95 Å². The van der Waals surface area contributed by atoms with E-state index in [9.17, 15) is 0 Å². The van der Waals surface area contributed by atoms with Gasteiger partial charge in [0.15, 0.2) is 5.65 Å². The van der Waals surface area contributed by atoms with E-state index >= 15 is 4.39 Å². The molecule has 4 heterocycles. The van der Waals surface area contributed by atoms with Gasteiger partial charge < -0.3 is 20.1 Å². The predicted octanol–water partition coefficient (Wildman–Crippen LogP) is 2.73. The molecular weight excluding hydrogens is 511 g/mol. The van der Waals surface area contributed by atoms with Crippen LogP contribution in [0.25, 0.3) is 22.3 Å². The molecule has 11 heteroatoms. The van der Waals surface area contributed by atoms with E-state index in [0.29, 0.717) is 46.4 Å². The summed E-state index contributed by atoms with van der Waals surface area (Å²) in [6.45, 7) is 9.54. The van der Waals surface area contributed by atoms with Crippen LogP contribution in [0, 0.1) is 5.82 Å². The van der Waals surface area contributed by atoms with Gasteiger partial charge in [-0.25, -0.2) is 14.1 Å². The van der Waals surface area contributed by atoms with E-state index in [1.54, 1.807) is 16.8 Å². The van der Waals surface area contributed by atoms with Crippen molar-refractivity contribution in [3.05, 3.63) is 59.9 Å². The highest BCUT2D eigenvalue weighted by Crippen LogP contribution is 2.35. The molecule has 2 aromatic heterocycles. The number of fused-ring (bicyclic) bond motifs is 1. The highest BCUT2D eigenvalue weighted by molar-refractivity contribution is 5.99. The third kappa shape index (κ3) is 5.58. The number of morpholine rings is 1. The van der Waals surface area contributed by atoms with Crippen molar-refractivity contribution in [2.75, 3.05) is 83.3 Å². The van der Waals surface area contributed by atoms with Crippen molar-refractivity contribution in [3.63, 3.8) is 0 Å². The smallest absolute Gasteiger partial charge is 0.228 e. The molecule has 2 saturated heterocycles. The van der Waals surface area contributed by atoms with Crippen molar-refractivity contribution >= 4 is 22.8 Å². The topological polar surface area (TPSA) is 97.8 Å². The summed E-state index contributed by atoms with van der Waals surface area (Å²) in [5.41, 5.74) is 8.90. The van der Waals surface area contributed by atoms with Crippen molar-refractivity contribution in [1.82, 2.24) is 29.5 Å². The number of piperazine rings is 1. The molecular formula is C29H35FN8O2. The SMILES string of the molecule is COc1ccc(-c2nc(N3CCN(CCN4CCOCC4)CC3)nc3nn(Cc4ccccc4)c(N)c23)c(F)c1. The molecule has 2 fully saturated rings. The standard InChI is InChI=1S/C29H35FN8O2/c1-39-22-7-8-23(24(30)19-22)26-25-27(31)38(20-21-5-3-2-4-6-21)34-28(25)33-29(32-26)37-13-11-35(12-14-37)9-10-36-15-17-40-18-16-36/h2-8,19H,9-18,20,31H2,1H3. The number of hydrogen-bond donors (Lipinski definition) is 1. The van der Waals surface area contributed by atoms with Gasteiger partial charge in [0.05, 0.1) is 37.9 Å². The van der Waals surface area contributed by atoms with Crippen LogP contribution in [-0.2, 0) is 11.3 Å². The number of halogens is 1. The Morgan fingerprint density at radius 3 is 2.35 bits per heavy atom. The molecule has 2 N–H and O–H groups in total. The number of nitrogens with zero attached hydrogens (tertiary/aromatic N) is 7. The lowest BCUT2D eigenvalue weighted by Gasteiger charge is -2.36. The summed E-state index contributed by atoms with van der Waals surface area (Å²) in [7, 11) is 1.52. The fourth-order valence-electron chi connectivity index (χ4n) is 5.35. The van der Waals surface area contributed by atoms with Crippen LogP contribution in [0.4, 0.5) is 16.2 Å². The number of benzene rings is 2. The molecule has 210 valence electrons. The Balaban J connectivity index is 1.29. The van der Waals surface area contributed by atoms with Crippen LogP contribution in [0.2, 0.25) is 0 Å². The number of anilines is 2. The number of rotatable bonds is 8. The summed E-state index contributed by atoms with van der Waals surface area (Å²) < 4.78 is 27.8. The third-order valence-electron chi connectivity index (χ3n) is 7.73. The molecule has 0 atom stereocenters. The molecule has 2 aromatic carbocycles. The van der Waals surface area contributed by atoms with Gasteiger partial charge in [0, 0.05) is 64.0 Å². The van der Waals surface area contributed by atoms with Gasteiger partial charge in [-0.05, 0) is 17.7 Å². The lowest BCUT2D eigenvalue weighted by Crippen LogP contribution is -2.49. The summed E-state index contributed by atoms with van der Waals surface area (Å²) >= 11 is 0. The molecule has 0 spiro atoms. The zero-order valence-corrected chi connectivity index (χ0v) is 22.8. The van der Waals surface area contributed by atoms with Crippen LogP contribution >= 0.6 is 0 Å². The number of ether oxygens (including phenoxy) is 2. The van der Waals surface area contributed by atoms with E-state index in [1.165, 1.54) is 13.2 Å². The van der Waals surface area contributed by atoms with Gasteiger partial charge >= 0.3 is 0 Å². The Morgan fingerprint density at radius 2 is 1.65 bits per heavy atom. The quantitative estimate of drug-likeness (QED) is 0.358. The molecule has 40 heavy (non-hydrogen) atoms. The lowest BCUT2D eigenvalue weighted by atomic mass is 10.1. The average molecular weight is 547 g/mol. The molecule has 2 aliphatic rings. The maximum Gasteiger partial charge on any atom is 0.228 e. The molecule has 0 saturated carbocycles. The van der Waals surface area contributed by atoms with Crippen molar-refractivity contribution in [2.45, 2.75) is 6.54 Å². The maximum absolute atomic E-state index is 15.4. The second-order valence-electron chi connectivity index (χ2n) is 10.2. The van der Waals surface area contributed by atoms with E-state index < -0.39 is 5.82 Å². The highest BCUT2D eigenvalue weighted by atomic mass is 19.1. The van der Waals surface area contributed by atoms with Crippen molar-refractivity contribution < 1.29 is 13.9 Å². The monoisotopic (exact) mass is 546 g/mol. The van der Waals surface area contributed by atoms with Crippen LogP contribution in [0.15, 0.2) is 48.5 Å². The Labute approximate surface area is 233 Å². The minimum Gasteiger partial charge on any atom is -0.497 e. The fraction of sp³-hybridized carbons (Fsp3) is 0.414. The summed E-state index contributed by atoms with van der Waals surface area (Å²) in [5, 5.41) is 5.30. The highest BCUT2D eigenvalue weighted by Gasteiger charge is 2.25. The molecule has 0 amide bonds. The summed E-state index contributed by atoms with van der Waals surface area (Å²) in [5.74, 6) is 0.944. The van der Waals surface area contributed by atoms with E-state index in [2.05, 4.69) is 14.7 Å². The van der Waals surface area contributed by atoms with E-state index in [-0.39, 0.29) is 0 Å². The van der Waals surface area contributed by atoms with Gasteiger partial charge in [-0.2, -0.15) is 4.98 Å². The Bertz CT molecular complexity index is 1450. The molecule has 0 radical (unpaired) electrons. The molecule has 0 aliphatic carbocycles. The van der Waals surface area contributed by atoms with Crippen LogP contribution in [0.1, 0.15) is 5.56 Å². The zero-order valence-electron chi connectivity index (χ0n) is 22.8. The van der Waals surface area contributed by atoms with Crippen LogP contribution in [-0.4, -0.2) is 102 Å². The number of methoxy groups -OCH3 is 1. The van der Waals surface area contributed by atoms with Gasteiger partial charge in [0.25, 0.3) is 0 Å². The minimum atomic E-state index is -0.437. The minimum absolute atomic E-state index is 0.338. The van der Waals surface area contributed by atoms with Crippen molar-refractivity contribution in [1.29, 1.82) is 0 Å². The molecule has 10 nitrogen and oxygen atoms in total. The second kappa shape index (κ2) is 11.7. The van der Waals surface area contributed by atoms with Gasteiger partial charge in [-0.3, -0.25) is 9.80 Å². The molecule has 4 aromatic rings. The lowest BCUT2D eigenvalue weighted by molar-refractivity contribution is 0.0331. The molecule has 2 aliphatic heterocycles. The summed E-state index contributed by atoms with van der Waals surface area (Å²) in [6, 6.07) is 14.7. The first-order valence-electron chi connectivity index (χ1n) is 13.8. The predicted molar refractivity (Wildman–Crippen MR) is 153 cm³/mol. The largest absolute Gasteiger partial charge is 0.497 e. The number of hydrogen-bond acceptors (Lipinski definition) is 9. The fourth-order valence-corrected chi connectivity index (χ4v) is 5.35. The van der Waals surface area contributed by atoms with Crippen molar-refractivity contribution in [2.24, 2.45) is 0 Å². The molecule has 0 bridgehead atoms. The molecule has 6 rings (SSSR count). The molecule has 0 unspecified atom stereocenters. The summed E-state index contributed by atoms with van der Waals surface area (Å²) in [6.07, 6.45) is 0. The Kier molecular flexibility index (Phi) is 7.76. The first kappa shape index (κ1) is 26.4. The van der Waals surface area contributed by atoms with Gasteiger partial charge in [-0.1, -0.05) is 30.3 Å². The summed E-state index contributed by atoms with van der Waals surface area (Å²) in [4.78, 5) is 16.8. The van der Waals surface area contributed by atoms with Crippen molar-refractivity contribution in [3.8, 4) is 17.0 Å². The zero-order chi connectivity index (χ0) is 27.5. The average Bonchev–Trinajstić information content (AvgIpc) is 3.31. The van der Waals surface area contributed by atoms with E-state index in [4.69, 9.17) is 30.3 Å². The first-order valence-corrected chi connectivity index (χ1v) is 13.8. The van der Waals surface area contributed by atoms with E-state index in [0.717, 1.165) is 71.1 Å². The van der Waals surface area contributed by atoms with E-state index in [1.807, 2.05) is 30.3 Å². The Morgan fingerprint density at radius 1 is 0.925 bits per heavy atom. The maximum atomic E-state index is 15.4. The third-order valence-corrected chi connectivity index (χ3v) is 7.73. The first-order chi connectivity index (χ1) is 19.6. The number of aromatic nitrogens is 4. The van der Waals surface area contributed by atoms with Crippen LogP contribution in [0.5, 0.6) is 5.75 Å². The van der Waals surface area contributed by atoms with Gasteiger partial charge in [0.1, 0.15) is 17.4 Å². The normalized spacial score (nSPS) is 17.0. The van der Waals surface area contributed by atoms with Crippen LogP contribution < -0.4 is 15.4 Å².